The van der Waals surface area contributed by atoms with Crippen molar-refractivity contribution in [3.8, 4) is 5.75 Å². The van der Waals surface area contributed by atoms with Gasteiger partial charge in [-0.15, -0.1) is 0 Å². The predicted octanol–water partition coefficient (Wildman–Crippen LogP) is 1.42. The Labute approximate surface area is 169 Å². The molecule has 0 spiro atoms. The Bertz CT molecular complexity index is 769. The zero-order valence-electron chi connectivity index (χ0n) is 16.5. The lowest BCUT2D eigenvalue weighted by molar-refractivity contribution is -0.150. The zero-order valence-corrected chi connectivity index (χ0v) is 16.5. The van der Waals surface area contributed by atoms with Crippen LogP contribution >= 0.6 is 0 Å². The van der Waals surface area contributed by atoms with Gasteiger partial charge in [0.05, 0.1) is 25.4 Å². The molecule has 1 N–H and O–H groups in total. The number of benzene rings is 1. The summed E-state index contributed by atoms with van der Waals surface area (Å²) >= 11 is 0. The smallest absolute Gasteiger partial charge is 0.308 e. The molecule has 0 bridgehead atoms. The monoisotopic (exact) mass is 402 g/mol. The van der Waals surface area contributed by atoms with E-state index < -0.39 is 18.5 Å². The number of likely N-dealkylation sites (tertiary alicyclic amines) is 1. The lowest BCUT2D eigenvalue weighted by Crippen LogP contribution is -2.34. The van der Waals surface area contributed by atoms with Gasteiger partial charge < -0.3 is 14.8 Å². The summed E-state index contributed by atoms with van der Waals surface area (Å²) in [5, 5.41) is 2.66. The second-order valence-corrected chi connectivity index (χ2v) is 7.32. The largest absolute Gasteiger partial charge is 0.496 e. The first kappa shape index (κ1) is 20.8. The Morgan fingerprint density at radius 2 is 1.76 bits per heavy atom. The maximum absolute atomic E-state index is 12.4. The predicted molar refractivity (Wildman–Crippen MR) is 103 cm³/mol. The van der Waals surface area contributed by atoms with E-state index in [1.807, 2.05) is 18.2 Å². The number of hydrogen-bond acceptors (Lipinski definition) is 6. The van der Waals surface area contributed by atoms with Gasteiger partial charge in [0.25, 0.3) is 5.91 Å². The fourth-order valence-electron chi connectivity index (χ4n) is 3.97. The molecule has 29 heavy (non-hydrogen) atoms. The third-order valence-corrected chi connectivity index (χ3v) is 5.50. The number of esters is 1. The molecule has 1 aromatic rings. The van der Waals surface area contributed by atoms with Crippen LogP contribution in [0.25, 0.3) is 0 Å². The molecule has 156 valence electrons. The van der Waals surface area contributed by atoms with E-state index in [1.54, 1.807) is 13.2 Å². The number of imide groups is 1. The zero-order chi connectivity index (χ0) is 20.8. The van der Waals surface area contributed by atoms with Crippen molar-refractivity contribution in [2.75, 3.05) is 20.3 Å². The number of para-hydroxylation sites is 1. The minimum Gasteiger partial charge on any atom is -0.496 e. The second kappa shape index (κ2) is 9.54. The van der Waals surface area contributed by atoms with Gasteiger partial charge in [0, 0.05) is 18.7 Å². The third kappa shape index (κ3) is 4.93. The Morgan fingerprint density at radius 3 is 2.41 bits per heavy atom. The number of hydrogen-bond donors (Lipinski definition) is 1. The van der Waals surface area contributed by atoms with Crippen LogP contribution < -0.4 is 10.1 Å². The van der Waals surface area contributed by atoms with Gasteiger partial charge in [0.2, 0.25) is 11.8 Å². The minimum absolute atomic E-state index is 0.00628. The molecule has 1 heterocycles. The van der Waals surface area contributed by atoms with Gasteiger partial charge in [-0.05, 0) is 18.9 Å². The molecule has 2 atom stereocenters. The maximum Gasteiger partial charge on any atom is 0.308 e. The molecular weight excluding hydrogens is 376 g/mol. The summed E-state index contributed by atoms with van der Waals surface area (Å²) in [6, 6.07) is 7.28. The standard InChI is InChI=1S/C21H26N2O6/c1-28-17-9-5-2-6-14(17)12-22-18(24)13-29-19(25)10-11-23-20(26)15-7-3-4-8-16(15)21(23)27/h2,5-6,9,15-16H,3-4,7-8,10-13H2,1H3,(H,22,24)/t15-,16-/m0/s1. The number of amides is 3. The van der Waals surface area contributed by atoms with Gasteiger partial charge in [-0.3, -0.25) is 24.1 Å². The van der Waals surface area contributed by atoms with Gasteiger partial charge in [-0.2, -0.15) is 0 Å². The topological polar surface area (TPSA) is 102 Å². The van der Waals surface area contributed by atoms with Gasteiger partial charge in [-0.1, -0.05) is 31.0 Å². The van der Waals surface area contributed by atoms with Crippen molar-refractivity contribution in [3.05, 3.63) is 29.8 Å². The van der Waals surface area contributed by atoms with E-state index in [0.717, 1.165) is 31.2 Å². The normalized spacial score (nSPS) is 20.9. The van der Waals surface area contributed by atoms with Gasteiger partial charge >= 0.3 is 5.97 Å². The van der Waals surface area contributed by atoms with Crippen LogP contribution in [0, 0.1) is 11.8 Å². The van der Waals surface area contributed by atoms with E-state index >= 15 is 0 Å². The summed E-state index contributed by atoms with van der Waals surface area (Å²) in [6.45, 7) is -0.159. The SMILES string of the molecule is COc1ccccc1CNC(=O)COC(=O)CCN1C(=O)[C@H]2CCCC[C@@H]2C1=O. The molecule has 1 aliphatic heterocycles. The summed E-state index contributed by atoms with van der Waals surface area (Å²) in [7, 11) is 1.55. The fraction of sp³-hybridized carbons (Fsp3) is 0.524. The van der Waals surface area contributed by atoms with E-state index in [1.165, 1.54) is 4.90 Å². The van der Waals surface area contributed by atoms with Crippen LogP contribution in [0.2, 0.25) is 0 Å². The number of methoxy groups -OCH3 is 1. The highest BCUT2D eigenvalue weighted by Crippen LogP contribution is 2.37. The Hall–Kier alpha value is -2.90. The molecule has 3 amide bonds. The molecule has 2 aliphatic rings. The van der Waals surface area contributed by atoms with Crippen molar-refractivity contribution < 1.29 is 28.7 Å². The van der Waals surface area contributed by atoms with Crippen molar-refractivity contribution in [2.24, 2.45) is 11.8 Å². The summed E-state index contributed by atoms with van der Waals surface area (Å²) in [5.41, 5.74) is 0.808. The molecular formula is C21H26N2O6. The highest BCUT2D eigenvalue weighted by molar-refractivity contribution is 6.05. The van der Waals surface area contributed by atoms with Crippen molar-refractivity contribution in [1.82, 2.24) is 10.2 Å². The molecule has 8 heteroatoms. The number of fused-ring (bicyclic) bond motifs is 1. The van der Waals surface area contributed by atoms with Gasteiger partial charge in [0.1, 0.15) is 5.75 Å². The van der Waals surface area contributed by atoms with Crippen molar-refractivity contribution in [2.45, 2.75) is 38.6 Å². The number of rotatable bonds is 8. The van der Waals surface area contributed by atoms with Crippen LogP contribution in [-0.2, 0) is 30.5 Å². The van der Waals surface area contributed by atoms with Crippen molar-refractivity contribution >= 4 is 23.7 Å². The molecule has 1 saturated heterocycles. The quantitative estimate of drug-likeness (QED) is 0.521. The molecule has 1 saturated carbocycles. The summed E-state index contributed by atoms with van der Waals surface area (Å²) < 4.78 is 10.2. The first-order valence-corrected chi connectivity index (χ1v) is 9.90. The Kier molecular flexibility index (Phi) is 6.85. The molecule has 8 nitrogen and oxygen atoms in total. The Morgan fingerprint density at radius 1 is 1.10 bits per heavy atom. The third-order valence-electron chi connectivity index (χ3n) is 5.50. The molecule has 0 unspecified atom stereocenters. The second-order valence-electron chi connectivity index (χ2n) is 7.32. The summed E-state index contributed by atoms with van der Waals surface area (Å²) in [5.74, 6) is -1.22. The maximum atomic E-state index is 12.4. The van der Waals surface area contributed by atoms with E-state index in [4.69, 9.17) is 9.47 Å². The van der Waals surface area contributed by atoms with E-state index in [-0.39, 0.29) is 43.2 Å². The number of nitrogens with one attached hydrogen (secondary N) is 1. The lowest BCUT2D eigenvalue weighted by atomic mass is 9.81. The number of nitrogens with zero attached hydrogens (tertiary/aromatic N) is 1. The van der Waals surface area contributed by atoms with Crippen LogP contribution in [0.3, 0.4) is 0 Å². The van der Waals surface area contributed by atoms with E-state index in [0.29, 0.717) is 5.75 Å². The number of carbonyl (C=O) groups is 4. The first-order valence-electron chi connectivity index (χ1n) is 9.90. The lowest BCUT2D eigenvalue weighted by Gasteiger charge is -2.19. The van der Waals surface area contributed by atoms with Gasteiger partial charge in [0.15, 0.2) is 6.61 Å². The minimum atomic E-state index is -0.618. The molecule has 2 fully saturated rings. The average Bonchev–Trinajstić information content (AvgIpc) is 2.99. The Balaban J connectivity index is 1.39. The van der Waals surface area contributed by atoms with E-state index in [9.17, 15) is 19.2 Å². The van der Waals surface area contributed by atoms with Crippen LogP contribution in [0.4, 0.5) is 0 Å². The number of carbonyl (C=O) groups excluding carboxylic acids is 4. The first-order chi connectivity index (χ1) is 14.0. The molecule has 0 radical (unpaired) electrons. The van der Waals surface area contributed by atoms with Gasteiger partial charge in [-0.25, -0.2) is 0 Å². The molecule has 3 rings (SSSR count). The fourth-order valence-corrected chi connectivity index (χ4v) is 3.97. The highest BCUT2D eigenvalue weighted by atomic mass is 16.5. The average molecular weight is 402 g/mol. The van der Waals surface area contributed by atoms with Crippen LogP contribution in [0.15, 0.2) is 24.3 Å². The van der Waals surface area contributed by atoms with Crippen molar-refractivity contribution in [3.63, 3.8) is 0 Å². The molecule has 0 aromatic heterocycles. The van der Waals surface area contributed by atoms with E-state index in [2.05, 4.69) is 5.32 Å². The molecule has 1 aliphatic carbocycles. The summed E-state index contributed by atoms with van der Waals surface area (Å²) in [4.78, 5) is 49.8. The van der Waals surface area contributed by atoms with Crippen LogP contribution in [-0.4, -0.2) is 48.9 Å². The highest BCUT2D eigenvalue weighted by Gasteiger charge is 2.47. The van der Waals surface area contributed by atoms with Crippen LogP contribution in [0.5, 0.6) is 5.75 Å². The summed E-state index contributed by atoms with van der Waals surface area (Å²) in [6.07, 6.45) is 3.28. The van der Waals surface area contributed by atoms with Crippen LogP contribution in [0.1, 0.15) is 37.7 Å². The number of ether oxygens (including phenoxy) is 2. The molecule has 1 aromatic carbocycles. The van der Waals surface area contributed by atoms with Crippen molar-refractivity contribution in [1.29, 1.82) is 0 Å².